The van der Waals surface area contributed by atoms with E-state index in [0.29, 0.717) is 0 Å². The van der Waals surface area contributed by atoms with Crippen LogP contribution in [0.5, 0.6) is 0 Å². The molecule has 0 spiro atoms. The Bertz CT molecular complexity index is 348. The van der Waals surface area contributed by atoms with Crippen LogP contribution in [0.3, 0.4) is 0 Å². The highest BCUT2D eigenvalue weighted by molar-refractivity contribution is 5.17. The normalized spacial score (nSPS) is 19.6. The molecule has 0 radical (unpaired) electrons. The second-order valence-electron chi connectivity index (χ2n) is 4.45. The molecular weight excluding hydrogens is 202 g/mol. The number of aromatic nitrogens is 2. The van der Waals surface area contributed by atoms with Crippen molar-refractivity contribution in [1.82, 2.24) is 15.3 Å². The summed E-state index contributed by atoms with van der Waals surface area (Å²) in [5.41, 5.74) is 2.23. The fourth-order valence-electron chi connectivity index (χ4n) is 2.28. The van der Waals surface area contributed by atoms with Gasteiger partial charge >= 0.3 is 0 Å². The van der Waals surface area contributed by atoms with Crippen LogP contribution in [0.1, 0.15) is 24.1 Å². The maximum Gasteiger partial charge on any atom is 0.115 e. The Labute approximate surface area is 96.4 Å². The summed E-state index contributed by atoms with van der Waals surface area (Å²) in [5, 5.41) is 3.36. The number of aryl methyl sites for hydroxylation is 1. The van der Waals surface area contributed by atoms with Gasteiger partial charge in [0.2, 0.25) is 0 Å². The van der Waals surface area contributed by atoms with Crippen LogP contribution in [0.25, 0.3) is 0 Å². The fraction of sp³-hybridized carbons (Fsp3) is 0.667. The van der Waals surface area contributed by atoms with Gasteiger partial charge in [-0.3, -0.25) is 0 Å². The van der Waals surface area contributed by atoms with E-state index in [1.807, 2.05) is 20.2 Å². The van der Waals surface area contributed by atoms with Crippen LogP contribution in [0.2, 0.25) is 0 Å². The second-order valence-corrected chi connectivity index (χ2v) is 4.45. The number of ether oxygens (including phenoxy) is 1. The molecule has 88 valence electrons. The quantitative estimate of drug-likeness (QED) is 0.830. The standard InChI is InChI=1S/C12H19N3O/c1-10-11(8-14-9-15-10)7-12(16-2)3-5-13-6-4-12/h8-9,13H,3-7H2,1-2H3. The van der Waals surface area contributed by atoms with E-state index in [0.717, 1.165) is 38.0 Å². The van der Waals surface area contributed by atoms with Gasteiger partial charge in [-0.1, -0.05) is 0 Å². The molecule has 2 rings (SSSR count). The first-order valence-corrected chi connectivity index (χ1v) is 5.77. The predicted octanol–water partition coefficient (Wildman–Crippen LogP) is 1.10. The molecule has 1 N–H and O–H groups in total. The van der Waals surface area contributed by atoms with E-state index in [1.54, 1.807) is 6.33 Å². The van der Waals surface area contributed by atoms with Crippen molar-refractivity contribution < 1.29 is 4.74 Å². The molecule has 4 nitrogen and oxygen atoms in total. The highest BCUT2D eigenvalue weighted by Crippen LogP contribution is 2.27. The van der Waals surface area contributed by atoms with E-state index in [1.165, 1.54) is 5.56 Å². The topological polar surface area (TPSA) is 47.0 Å². The Morgan fingerprint density at radius 2 is 2.19 bits per heavy atom. The SMILES string of the molecule is COC1(Cc2cncnc2C)CCNCC1. The summed E-state index contributed by atoms with van der Waals surface area (Å²) >= 11 is 0. The molecule has 0 aliphatic carbocycles. The summed E-state index contributed by atoms with van der Waals surface area (Å²) in [6.45, 7) is 4.09. The molecule has 0 atom stereocenters. The summed E-state index contributed by atoms with van der Waals surface area (Å²) in [7, 11) is 1.81. The van der Waals surface area contributed by atoms with Crippen LogP contribution in [-0.4, -0.2) is 35.8 Å². The fourth-order valence-corrected chi connectivity index (χ4v) is 2.28. The maximum atomic E-state index is 5.74. The lowest BCUT2D eigenvalue weighted by Gasteiger charge is -2.36. The molecule has 1 fully saturated rings. The van der Waals surface area contributed by atoms with Gasteiger partial charge in [-0.15, -0.1) is 0 Å². The van der Waals surface area contributed by atoms with Crippen LogP contribution in [0.15, 0.2) is 12.5 Å². The van der Waals surface area contributed by atoms with E-state index in [9.17, 15) is 0 Å². The third kappa shape index (κ3) is 2.39. The van der Waals surface area contributed by atoms with Gasteiger partial charge in [-0.25, -0.2) is 9.97 Å². The number of piperidine rings is 1. The minimum Gasteiger partial charge on any atom is -0.378 e. The van der Waals surface area contributed by atoms with Crippen molar-refractivity contribution in [1.29, 1.82) is 0 Å². The molecular formula is C12H19N3O. The number of hydrogen-bond donors (Lipinski definition) is 1. The van der Waals surface area contributed by atoms with E-state index in [4.69, 9.17) is 4.74 Å². The van der Waals surface area contributed by atoms with Gasteiger partial charge in [0.1, 0.15) is 6.33 Å². The Kier molecular flexibility index (Phi) is 3.51. The Balaban J connectivity index is 2.15. The minimum absolute atomic E-state index is 0.0271. The van der Waals surface area contributed by atoms with Crippen molar-refractivity contribution in [2.45, 2.75) is 31.8 Å². The monoisotopic (exact) mass is 221 g/mol. The summed E-state index contributed by atoms with van der Waals surface area (Å²) in [4.78, 5) is 8.32. The zero-order valence-electron chi connectivity index (χ0n) is 9.99. The van der Waals surface area contributed by atoms with Crippen LogP contribution < -0.4 is 5.32 Å². The molecule has 2 heterocycles. The zero-order valence-corrected chi connectivity index (χ0v) is 9.99. The molecule has 0 amide bonds. The maximum absolute atomic E-state index is 5.74. The van der Waals surface area contributed by atoms with Gasteiger partial charge in [0, 0.05) is 25.4 Å². The molecule has 1 aliphatic rings. The van der Waals surface area contributed by atoms with Crippen molar-refractivity contribution in [2.24, 2.45) is 0 Å². The summed E-state index contributed by atoms with van der Waals surface area (Å²) < 4.78 is 5.74. The third-order valence-corrected chi connectivity index (χ3v) is 3.47. The lowest BCUT2D eigenvalue weighted by molar-refractivity contribution is -0.0335. The van der Waals surface area contributed by atoms with Crippen molar-refractivity contribution >= 4 is 0 Å². The average molecular weight is 221 g/mol. The average Bonchev–Trinajstić information content (AvgIpc) is 2.33. The second kappa shape index (κ2) is 4.89. The Morgan fingerprint density at radius 3 is 2.81 bits per heavy atom. The van der Waals surface area contributed by atoms with Gasteiger partial charge in [0.25, 0.3) is 0 Å². The summed E-state index contributed by atoms with van der Waals surface area (Å²) in [6.07, 6.45) is 6.53. The Morgan fingerprint density at radius 1 is 1.44 bits per heavy atom. The van der Waals surface area contributed by atoms with Crippen LogP contribution in [0.4, 0.5) is 0 Å². The van der Waals surface area contributed by atoms with E-state index < -0.39 is 0 Å². The molecule has 0 saturated carbocycles. The van der Waals surface area contributed by atoms with E-state index in [-0.39, 0.29) is 5.60 Å². The number of rotatable bonds is 3. The first-order chi connectivity index (χ1) is 7.76. The first-order valence-electron chi connectivity index (χ1n) is 5.77. The van der Waals surface area contributed by atoms with Crippen LogP contribution in [0, 0.1) is 6.92 Å². The molecule has 4 heteroatoms. The van der Waals surface area contributed by atoms with Crippen molar-refractivity contribution in [3.05, 3.63) is 23.8 Å². The largest absolute Gasteiger partial charge is 0.378 e. The van der Waals surface area contributed by atoms with Gasteiger partial charge in [0.05, 0.1) is 5.60 Å². The summed E-state index contributed by atoms with van der Waals surface area (Å²) in [6, 6.07) is 0. The molecule has 1 aliphatic heterocycles. The summed E-state index contributed by atoms with van der Waals surface area (Å²) in [5.74, 6) is 0. The van der Waals surface area contributed by atoms with E-state index in [2.05, 4.69) is 15.3 Å². The third-order valence-electron chi connectivity index (χ3n) is 3.47. The lowest BCUT2D eigenvalue weighted by Crippen LogP contribution is -2.45. The Hall–Kier alpha value is -1.00. The molecule has 1 aromatic heterocycles. The highest BCUT2D eigenvalue weighted by atomic mass is 16.5. The molecule has 0 bridgehead atoms. The van der Waals surface area contributed by atoms with Crippen molar-refractivity contribution in [2.75, 3.05) is 20.2 Å². The smallest absolute Gasteiger partial charge is 0.115 e. The number of nitrogens with zero attached hydrogens (tertiary/aromatic N) is 2. The van der Waals surface area contributed by atoms with Gasteiger partial charge < -0.3 is 10.1 Å². The van der Waals surface area contributed by atoms with Crippen molar-refractivity contribution in [3.8, 4) is 0 Å². The molecule has 0 unspecified atom stereocenters. The zero-order chi connectivity index (χ0) is 11.4. The molecule has 16 heavy (non-hydrogen) atoms. The van der Waals surface area contributed by atoms with Gasteiger partial charge in [-0.2, -0.15) is 0 Å². The van der Waals surface area contributed by atoms with E-state index >= 15 is 0 Å². The molecule has 1 aromatic rings. The minimum atomic E-state index is -0.0271. The predicted molar refractivity (Wildman–Crippen MR) is 62.3 cm³/mol. The van der Waals surface area contributed by atoms with Crippen LogP contribution in [-0.2, 0) is 11.2 Å². The number of hydrogen-bond acceptors (Lipinski definition) is 4. The van der Waals surface area contributed by atoms with Gasteiger partial charge in [-0.05, 0) is 38.4 Å². The first kappa shape index (κ1) is 11.5. The van der Waals surface area contributed by atoms with Gasteiger partial charge in [0.15, 0.2) is 0 Å². The number of methoxy groups -OCH3 is 1. The lowest BCUT2D eigenvalue weighted by atomic mass is 9.86. The van der Waals surface area contributed by atoms with Crippen LogP contribution >= 0.6 is 0 Å². The number of nitrogens with one attached hydrogen (secondary N) is 1. The molecule has 0 aromatic carbocycles. The molecule has 1 saturated heterocycles. The highest BCUT2D eigenvalue weighted by Gasteiger charge is 2.32. The van der Waals surface area contributed by atoms with Crippen molar-refractivity contribution in [3.63, 3.8) is 0 Å².